The van der Waals surface area contributed by atoms with Gasteiger partial charge in [0.05, 0.1) is 0 Å². The standard InChI is InChI=1S/C9H15N3O3.ClH/c1-7-9(10)15-11-12(7)6-4-2-3-5-8(13)14;/h10H,2-6H2,1H3,(H,13,14);1H. The number of carboxylic acid groups (broad SMARTS) is 1. The zero-order valence-corrected chi connectivity index (χ0v) is 9.92. The first-order valence-electron chi connectivity index (χ1n) is 4.91. The maximum absolute atomic E-state index is 10.2. The molecule has 1 heterocycles. The van der Waals surface area contributed by atoms with Crippen LogP contribution in [0.1, 0.15) is 31.4 Å². The van der Waals surface area contributed by atoms with E-state index >= 15 is 0 Å². The van der Waals surface area contributed by atoms with Gasteiger partial charge in [-0.15, -0.1) is 12.4 Å². The van der Waals surface area contributed by atoms with E-state index in [2.05, 4.69) is 9.79 Å². The van der Waals surface area contributed by atoms with E-state index in [9.17, 15) is 4.79 Å². The molecule has 6 nitrogen and oxygen atoms in total. The molecule has 0 radical (unpaired) electrons. The van der Waals surface area contributed by atoms with Crippen molar-refractivity contribution in [2.45, 2.75) is 39.2 Å². The van der Waals surface area contributed by atoms with Gasteiger partial charge in [-0.2, -0.15) is 0 Å². The average molecular weight is 250 g/mol. The van der Waals surface area contributed by atoms with Crippen molar-refractivity contribution in [1.82, 2.24) is 5.27 Å². The van der Waals surface area contributed by atoms with Crippen molar-refractivity contribution in [3.05, 3.63) is 11.2 Å². The molecule has 0 aliphatic heterocycles. The summed E-state index contributed by atoms with van der Waals surface area (Å²) in [5.74, 6) is -0.756. The quantitative estimate of drug-likeness (QED) is 0.563. The molecule has 0 bridgehead atoms. The van der Waals surface area contributed by atoms with Crippen LogP contribution in [0.25, 0.3) is 0 Å². The number of carboxylic acids is 1. The highest BCUT2D eigenvalue weighted by Crippen LogP contribution is 1.99. The fourth-order valence-corrected chi connectivity index (χ4v) is 1.26. The first-order chi connectivity index (χ1) is 7.11. The zero-order chi connectivity index (χ0) is 11.3. The Morgan fingerprint density at radius 1 is 1.50 bits per heavy atom. The number of hydrogen-bond acceptors (Lipinski definition) is 3. The molecule has 1 rings (SSSR count). The van der Waals surface area contributed by atoms with Crippen LogP contribution in [0, 0.1) is 12.3 Å². The second-order valence-corrected chi connectivity index (χ2v) is 3.42. The average Bonchev–Trinajstić information content (AvgIpc) is 2.48. The molecule has 0 saturated heterocycles. The monoisotopic (exact) mass is 249 g/mol. The van der Waals surface area contributed by atoms with Gasteiger partial charge in [-0.05, 0) is 12.8 Å². The number of aryl methyl sites for hydroxylation is 1. The summed E-state index contributed by atoms with van der Waals surface area (Å²) in [6.07, 6.45) is 2.59. The zero-order valence-electron chi connectivity index (χ0n) is 9.10. The van der Waals surface area contributed by atoms with Crippen molar-refractivity contribution < 1.29 is 19.1 Å². The summed E-state index contributed by atoms with van der Waals surface area (Å²) in [6.45, 7) is 2.45. The smallest absolute Gasteiger partial charge is 0.303 e. The third kappa shape index (κ3) is 4.48. The van der Waals surface area contributed by atoms with E-state index in [-0.39, 0.29) is 24.4 Å². The second-order valence-electron chi connectivity index (χ2n) is 3.42. The lowest BCUT2D eigenvalue weighted by Crippen LogP contribution is -2.41. The molecule has 7 heteroatoms. The topological polar surface area (TPSA) is 92.3 Å². The molecular weight excluding hydrogens is 234 g/mol. The molecule has 0 aliphatic rings. The minimum Gasteiger partial charge on any atom is -0.487 e. The number of aromatic nitrogens is 2. The van der Waals surface area contributed by atoms with Gasteiger partial charge in [0.2, 0.25) is 5.69 Å². The number of hydrogen-bond donors (Lipinski definition) is 2. The molecule has 0 unspecified atom stereocenters. The SMILES string of the molecule is Cc1c(=N)o[n-][n+]1CCCCCC(=O)O.Cl. The third-order valence-electron chi connectivity index (χ3n) is 2.21. The van der Waals surface area contributed by atoms with Gasteiger partial charge in [-0.1, -0.05) is 0 Å². The lowest BCUT2D eigenvalue weighted by atomic mass is 10.2. The van der Waals surface area contributed by atoms with Crippen LogP contribution >= 0.6 is 12.4 Å². The molecule has 1 aromatic heterocycles. The van der Waals surface area contributed by atoms with Crippen molar-refractivity contribution in [2.75, 3.05) is 0 Å². The maximum atomic E-state index is 10.2. The summed E-state index contributed by atoms with van der Waals surface area (Å²) in [4.78, 5) is 10.2. The maximum Gasteiger partial charge on any atom is 0.303 e. The highest BCUT2D eigenvalue weighted by Gasteiger charge is 2.05. The van der Waals surface area contributed by atoms with Gasteiger partial charge >= 0.3 is 5.97 Å². The van der Waals surface area contributed by atoms with E-state index < -0.39 is 5.97 Å². The van der Waals surface area contributed by atoms with Crippen LogP contribution in [0.15, 0.2) is 4.52 Å². The molecule has 0 fully saturated rings. The van der Waals surface area contributed by atoms with E-state index in [1.54, 1.807) is 11.6 Å². The highest BCUT2D eigenvalue weighted by atomic mass is 35.5. The van der Waals surface area contributed by atoms with Crippen molar-refractivity contribution in [1.29, 1.82) is 5.41 Å². The molecule has 0 aromatic carbocycles. The van der Waals surface area contributed by atoms with Crippen molar-refractivity contribution in [3.63, 3.8) is 0 Å². The van der Waals surface area contributed by atoms with Gasteiger partial charge in [-0.3, -0.25) is 15.5 Å². The number of nitrogens with zero attached hydrogens (tertiary/aromatic N) is 2. The van der Waals surface area contributed by atoms with Crippen LogP contribution in [0.4, 0.5) is 0 Å². The normalized spacial score (nSPS) is 9.81. The van der Waals surface area contributed by atoms with Crippen LogP contribution < -0.4 is 15.5 Å². The number of unbranched alkanes of at least 4 members (excludes halogenated alkanes) is 2. The number of rotatable bonds is 6. The summed E-state index contributed by atoms with van der Waals surface area (Å²) in [7, 11) is 0. The summed E-state index contributed by atoms with van der Waals surface area (Å²) < 4.78 is 6.30. The Labute approximate surface area is 99.1 Å². The predicted octanol–water partition coefficient (Wildman–Crippen LogP) is 0.379. The first-order valence-corrected chi connectivity index (χ1v) is 4.91. The van der Waals surface area contributed by atoms with Gasteiger partial charge in [0.25, 0.3) is 5.55 Å². The van der Waals surface area contributed by atoms with Crippen LogP contribution in [0.2, 0.25) is 0 Å². The van der Waals surface area contributed by atoms with E-state index in [1.165, 1.54) is 0 Å². The van der Waals surface area contributed by atoms with Crippen molar-refractivity contribution in [3.8, 4) is 0 Å². The number of halogens is 1. The van der Waals surface area contributed by atoms with Crippen LogP contribution in [-0.4, -0.2) is 11.1 Å². The molecule has 0 saturated carbocycles. The van der Waals surface area contributed by atoms with Gasteiger partial charge in [0.15, 0.2) is 0 Å². The van der Waals surface area contributed by atoms with Gasteiger partial charge in [0, 0.05) is 19.8 Å². The molecule has 0 atom stereocenters. The Morgan fingerprint density at radius 3 is 2.69 bits per heavy atom. The molecule has 92 valence electrons. The van der Waals surface area contributed by atoms with Gasteiger partial charge in [0.1, 0.15) is 6.54 Å². The Kier molecular flexibility index (Phi) is 6.48. The summed E-state index contributed by atoms with van der Waals surface area (Å²) in [5.41, 5.74) is 0.786. The molecule has 0 spiro atoms. The third-order valence-corrected chi connectivity index (χ3v) is 2.21. The van der Waals surface area contributed by atoms with E-state index in [0.717, 1.165) is 12.8 Å². The van der Waals surface area contributed by atoms with E-state index in [4.69, 9.17) is 10.5 Å². The van der Waals surface area contributed by atoms with Crippen LogP contribution in [0.5, 0.6) is 0 Å². The number of nitrogens with one attached hydrogen (secondary N) is 1. The van der Waals surface area contributed by atoms with Gasteiger partial charge < -0.3 is 9.63 Å². The molecule has 0 aliphatic carbocycles. The van der Waals surface area contributed by atoms with Crippen LogP contribution in [0.3, 0.4) is 0 Å². The minimum absolute atomic E-state index is 0. The van der Waals surface area contributed by atoms with Crippen LogP contribution in [-0.2, 0) is 11.3 Å². The summed E-state index contributed by atoms with van der Waals surface area (Å²) in [6, 6.07) is 0. The number of aliphatic carboxylic acids is 1. The largest absolute Gasteiger partial charge is 0.487 e. The Morgan fingerprint density at radius 2 is 2.19 bits per heavy atom. The van der Waals surface area contributed by atoms with E-state index in [0.29, 0.717) is 18.7 Å². The molecule has 0 amide bonds. The lowest BCUT2D eigenvalue weighted by molar-refractivity contribution is -0.772. The predicted molar refractivity (Wildman–Crippen MR) is 56.2 cm³/mol. The lowest BCUT2D eigenvalue weighted by Gasteiger charge is -1.99. The highest BCUT2D eigenvalue weighted by molar-refractivity contribution is 5.85. The summed E-state index contributed by atoms with van der Waals surface area (Å²) in [5, 5.41) is 19.4. The van der Waals surface area contributed by atoms with Crippen molar-refractivity contribution >= 4 is 18.4 Å². The number of carbonyl (C=O) groups is 1. The fourth-order valence-electron chi connectivity index (χ4n) is 1.26. The Bertz CT molecular complexity index is 386. The Balaban J connectivity index is 0.00000225. The first kappa shape index (κ1) is 14.7. The fraction of sp³-hybridized carbons (Fsp3) is 0.667. The minimum atomic E-state index is -0.756. The molecule has 2 N–H and O–H groups in total. The molecule has 1 aromatic rings. The molecular formula is C9H16ClN3O3. The Hall–Kier alpha value is -1.30. The van der Waals surface area contributed by atoms with E-state index in [1.807, 2.05) is 0 Å². The molecule has 16 heavy (non-hydrogen) atoms. The second kappa shape index (κ2) is 7.05. The van der Waals surface area contributed by atoms with Gasteiger partial charge in [-0.25, -0.2) is 4.68 Å². The van der Waals surface area contributed by atoms with Crippen molar-refractivity contribution in [2.24, 2.45) is 0 Å². The summed E-state index contributed by atoms with van der Waals surface area (Å²) >= 11 is 0.